The number of hydrogen-bond donors (Lipinski definition) is 2. The third-order valence-electron chi connectivity index (χ3n) is 4.70. The van der Waals surface area contributed by atoms with Crippen LogP contribution in [-0.4, -0.2) is 24.7 Å². The van der Waals surface area contributed by atoms with Gasteiger partial charge in [-0.25, -0.2) is 0 Å². The Morgan fingerprint density at radius 3 is 2.86 bits per heavy atom. The molecule has 21 heavy (non-hydrogen) atoms. The predicted molar refractivity (Wildman–Crippen MR) is 84.8 cm³/mol. The van der Waals surface area contributed by atoms with E-state index in [1.165, 1.54) is 6.92 Å². The molecule has 114 valence electrons. The number of amides is 1. The van der Waals surface area contributed by atoms with Gasteiger partial charge < -0.3 is 15.4 Å². The molecule has 5 heteroatoms. The van der Waals surface area contributed by atoms with Crippen LogP contribution < -0.4 is 10.6 Å². The lowest BCUT2D eigenvalue weighted by Gasteiger charge is -2.55. The zero-order valence-electron chi connectivity index (χ0n) is 12.6. The lowest BCUT2D eigenvalue weighted by atomic mass is 9.57. The van der Waals surface area contributed by atoms with Crippen LogP contribution in [0.3, 0.4) is 0 Å². The molecule has 3 rings (SSSR count). The van der Waals surface area contributed by atoms with Gasteiger partial charge in [0.05, 0.1) is 16.8 Å². The first kappa shape index (κ1) is 14.7. The third kappa shape index (κ3) is 2.51. The summed E-state index contributed by atoms with van der Waals surface area (Å²) in [5.74, 6) is 0.456. The summed E-state index contributed by atoms with van der Waals surface area (Å²) in [6.45, 7) is 6.81. The van der Waals surface area contributed by atoms with E-state index in [9.17, 15) is 4.79 Å². The third-order valence-corrected chi connectivity index (χ3v) is 5.02. The maximum Gasteiger partial charge on any atom is 0.221 e. The lowest BCUT2D eigenvalue weighted by molar-refractivity contribution is -0.114. The van der Waals surface area contributed by atoms with Crippen molar-refractivity contribution in [1.82, 2.24) is 0 Å². The van der Waals surface area contributed by atoms with Gasteiger partial charge in [-0.15, -0.1) is 0 Å². The Balaban J connectivity index is 1.74. The molecule has 1 aromatic carbocycles. The van der Waals surface area contributed by atoms with Gasteiger partial charge in [-0.05, 0) is 24.6 Å². The SMILES string of the molecule is CC(=O)Nc1ccc(NC2C3CCOC3C2(C)C)cc1Cl. The van der Waals surface area contributed by atoms with Gasteiger partial charge >= 0.3 is 0 Å². The van der Waals surface area contributed by atoms with Crippen LogP contribution in [0.15, 0.2) is 18.2 Å². The van der Waals surface area contributed by atoms with E-state index in [1.54, 1.807) is 0 Å². The summed E-state index contributed by atoms with van der Waals surface area (Å²) >= 11 is 6.22. The molecule has 2 N–H and O–H groups in total. The predicted octanol–water partition coefficient (Wildman–Crippen LogP) is 3.52. The number of fused-ring (bicyclic) bond motifs is 1. The van der Waals surface area contributed by atoms with Gasteiger partial charge in [0.25, 0.3) is 0 Å². The van der Waals surface area contributed by atoms with E-state index in [1.807, 2.05) is 18.2 Å². The highest BCUT2D eigenvalue weighted by Gasteiger charge is 2.59. The molecule has 2 fully saturated rings. The molecule has 1 heterocycles. The number of hydrogen-bond acceptors (Lipinski definition) is 3. The van der Waals surface area contributed by atoms with Crippen molar-refractivity contribution in [2.45, 2.75) is 39.3 Å². The second-order valence-corrected chi connectivity index (χ2v) is 6.97. The molecule has 4 nitrogen and oxygen atoms in total. The van der Waals surface area contributed by atoms with Crippen molar-refractivity contribution < 1.29 is 9.53 Å². The van der Waals surface area contributed by atoms with Crippen molar-refractivity contribution >= 4 is 28.9 Å². The Labute approximate surface area is 130 Å². The second-order valence-electron chi connectivity index (χ2n) is 6.56. The average molecular weight is 309 g/mol. The summed E-state index contributed by atoms with van der Waals surface area (Å²) in [4.78, 5) is 11.1. The summed E-state index contributed by atoms with van der Waals surface area (Å²) in [6, 6.07) is 6.05. The number of ether oxygens (including phenoxy) is 1. The van der Waals surface area contributed by atoms with Crippen LogP contribution >= 0.6 is 11.6 Å². The van der Waals surface area contributed by atoms with Crippen molar-refractivity contribution in [2.24, 2.45) is 11.3 Å². The Hall–Kier alpha value is -1.26. The lowest BCUT2D eigenvalue weighted by Crippen LogP contribution is -2.63. The number of rotatable bonds is 3. The zero-order valence-corrected chi connectivity index (χ0v) is 13.3. The molecule has 1 amide bonds. The Morgan fingerprint density at radius 2 is 2.19 bits per heavy atom. The van der Waals surface area contributed by atoms with Crippen LogP contribution in [-0.2, 0) is 9.53 Å². The van der Waals surface area contributed by atoms with E-state index < -0.39 is 0 Å². The maximum atomic E-state index is 11.1. The fourth-order valence-corrected chi connectivity index (χ4v) is 3.92. The van der Waals surface area contributed by atoms with Crippen LogP contribution in [0, 0.1) is 11.3 Å². The first-order chi connectivity index (χ1) is 9.89. The summed E-state index contributed by atoms with van der Waals surface area (Å²) < 4.78 is 5.81. The molecule has 0 aromatic heterocycles. The summed E-state index contributed by atoms with van der Waals surface area (Å²) in [6.07, 6.45) is 1.48. The van der Waals surface area contributed by atoms with Crippen molar-refractivity contribution in [3.63, 3.8) is 0 Å². The molecule has 1 aliphatic heterocycles. The summed E-state index contributed by atoms with van der Waals surface area (Å²) in [7, 11) is 0. The van der Waals surface area contributed by atoms with Crippen LogP contribution in [0.4, 0.5) is 11.4 Å². The molecule has 1 saturated carbocycles. The van der Waals surface area contributed by atoms with Gasteiger partial charge in [0.2, 0.25) is 5.91 Å². The van der Waals surface area contributed by atoms with Crippen molar-refractivity contribution in [1.29, 1.82) is 0 Å². The monoisotopic (exact) mass is 308 g/mol. The number of nitrogens with one attached hydrogen (secondary N) is 2. The number of carbonyl (C=O) groups excluding carboxylic acids is 1. The van der Waals surface area contributed by atoms with Gasteiger partial charge in [0.1, 0.15) is 0 Å². The van der Waals surface area contributed by atoms with Crippen molar-refractivity contribution in [3.8, 4) is 0 Å². The van der Waals surface area contributed by atoms with Crippen LogP contribution in [0.25, 0.3) is 0 Å². The van der Waals surface area contributed by atoms with Crippen molar-refractivity contribution in [2.75, 3.05) is 17.2 Å². The minimum absolute atomic E-state index is 0.122. The minimum atomic E-state index is -0.122. The average Bonchev–Trinajstić information content (AvgIpc) is 2.85. The molecule has 1 aliphatic carbocycles. The molecule has 1 aromatic rings. The van der Waals surface area contributed by atoms with Gasteiger partial charge in [0, 0.05) is 36.6 Å². The Bertz CT molecular complexity index is 573. The molecular weight excluding hydrogens is 288 g/mol. The van der Waals surface area contributed by atoms with E-state index >= 15 is 0 Å². The van der Waals surface area contributed by atoms with E-state index in [0.717, 1.165) is 18.7 Å². The highest BCUT2D eigenvalue weighted by molar-refractivity contribution is 6.34. The molecule has 3 atom stereocenters. The molecular formula is C16H21ClN2O2. The number of carbonyl (C=O) groups is 1. The number of benzene rings is 1. The normalized spacial score (nSPS) is 29.4. The summed E-state index contributed by atoms with van der Waals surface area (Å²) in [5.41, 5.74) is 1.76. The highest BCUT2D eigenvalue weighted by Crippen LogP contribution is 2.53. The van der Waals surface area contributed by atoms with Crippen molar-refractivity contribution in [3.05, 3.63) is 23.2 Å². The minimum Gasteiger partial charge on any atom is -0.381 e. The van der Waals surface area contributed by atoms with Gasteiger partial charge in [-0.3, -0.25) is 4.79 Å². The molecule has 2 aliphatic rings. The van der Waals surface area contributed by atoms with E-state index in [2.05, 4.69) is 24.5 Å². The molecule has 3 unspecified atom stereocenters. The standard InChI is InChI=1S/C16H21ClN2O2/c1-9(20)18-13-5-4-10(8-12(13)17)19-14-11-6-7-21-15(11)16(14,2)3/h4-5,8,11,14-15,19H,6-7H2,1-3H3,(H,18,20). The highest BCUT2D eigenvalue weighted by atomic mass is 35.5. The Kier molecular flexibility index (Phi) is 3.62. The van der Waals surface area contributed by atoms with Gasteiger partial charge in [0.15, 0.2) is 0 Å². The quantitative estimate of drug-likeness (QED) is 0.898. The fourth-order valence-electron chi connectivity index (χ4n) is 3.69. The second kappa shape index (κ2) is 5.18. The fraction of sp³-hybridized carbons (Fsp3) is 0.562. The molecule has 1 saturated heterocycles. The summed E-state index contributed by atoms with van der Waals surface area (Å²) in [5, 5.41) is 6.85. The van der Waals surface area contributed by atoms with E-state index in [4.69, 9.17) is 16.3 Å². The topological polar surface area (TPSA) is 50.4 Å². The molecule has 0 radical (unpaired) electrons. The molecule has 0 bridgehead atoms. The van der Waals surface area contributed by atoms with Crippen LogP contribution in [0.1, 0.15) is 27.2 Å². The largest absolute Gasteiger partial charge is 0.381 e. The Morgan fingerprint density at radius 1 is 1.43 bits per heavy atom. The first-order valence-electron chi connectivity index (χ1n) is 7.35. The zero-order chi connectivity index (χ0) is 15.2. The van der Waals surface area contributed by atoms with Gasteiger partial charge in [-0.1, -0.05) is 25.4 Å². The van der Waals surface area contributed by atoms with E-state index in [-0.39, 0.29) is 11.3 Å². The smallest absolute Gasteiger partial charge is 0.221 e. The van der Waals surface area contributed by atoms with Crippen LogP contribution in [0.2, 0.25) is 5.02 Å². The number of anilines is 2. The first-order valence-corrected chi connectivity index (χ1v) is 7.72. The molecule has 0 spiro atoms. The van der Waals surface area contributed by atoms with Gasteiger partial charge in [-0.2, -0.15) is 0 Å². The number of halogens is 1. The maximum absolute atomic E-state index is 11.1. The van der Waals surface area contributed by atoms with E-state index in [0.29, 0.717) is 28.8 Å². The van der Waals surface area contributed by atoms with Crippen LogP contribution in [0.5, 0.6) is 0 Å².